The SMILES string of the molecule is CCC(CC(F)(F)F)NC(=O)c1c(C(C)C)n[nH]c1C. The van der Waals surface area contributed by atoms with Crippen LogP contribution in [0.4, 0.5) is 13.2 Å². The van der Waals surface area contributed by atoms with Crippen LogP contribution in [0.3, 0.4) is 0 Å². The third-order valence-corrected chi connectivity index (χ3v) is 3.06. The molecule has 1 heterocycles. The van der Waals surface area contributed by atoms with E-state index in [2.05, 4.69) is 15.5 Å². The molecule has 1 aromatic heterocycles. The average Bonchev–Trinajstić information content (AvgIpc) is 2.68. The number of nitrogens with zero attached hydrogens (tertiary/aromatic N) is 1. The highest BCUT2D eigenvalue weighted by atomic mass is 19.4. The molecule has 0 aliphatic heterocycles. The van der Waals surface area contributed by atoms with Crippen molar-refractivity contribution in [3.63, 3.8) is 0 Å². The highest BCUT2D eigenvalue weighted by Crippen LogP contribution is 2.24. The second kappa shape index (κ2) is 6.28. The van der Waals surface area contributed by atoms with E-state index in [0.29, 0.717) is 17.0 Å². The van der Waals surface area contributed by atoms with E-state index >= 15 is 0 Å². The Morgan fingerprint density at radius 1 is 1.40 bits per heavy atom. The maximum atomic E-state index is 12.4. The van der Waals surface area contributed by atoms with Crippen molar-refractivity contribution in [2.75, 3.05) is 0 Å². The average molecular weight is 291 g/mol. The van der Waals surface area contributed by atoms with E-state index in [1.54, 1.807) is 13.8 Å². The van der Waals surface area contributed by atoms with Crippen LogP contribution in [-0.4, -0.2) is 28.3 Å². The van der Waals surface area contributed by atoms with E-state index in [1.165, 1.54) is 0 Å². The Hall–Kier alpha value is -1.53. The minimum absolute atomic E-state index is 0.0170. The number of carbonyl (C=O) groups excluding carboxylic acids is 1. The summed E-state index contributed by atoms with van der Waals surface area (Å²) in [5.41, 5.74) is 1.48. The fourth-order valence-corrected chi connectivity index (χ4v) is 1.99. The number of carbonyl (C=O) groups is 1. The zero-order valence-corrected chi connectivity index (χ0v) is 12.1. The highest BCUT2D eigenvalue weighted by Gasteiger charge is 2.32. The minimum Gasteiger partial charge on any atom is -0.349 e. The first-order valence-corrected chi connectivity index (χ1v) is 6.58. The number of aryl methyl sites for hydroxylation is 1. The van der Waals surface area contributed by atoms with Crippen molar-refractivity contribution in [1.82, 2.24) is 15.5 Å². The van der Waals surface area contributed by atoms with Crippen molar-refractivity contribution >= 4 is 5.91 Å². The summed E-state index contributed by atoms with van der Waals surface area (Å²) < 4.78 is 37.2. The molecule has 20 heavy (non-hydrogen) atoms. The molecule has 0 aromatic carbocycles. The van der Waals surface area contributed by atoms with Gasteiger partial charge in [0.05, 0.1) is 17.7 Å². The number of alkyl halides is 3. The molecule has 0 aliphatic carbocycles. The summed E-state index contributed by atoms with van der Waals surface area (Å²) in [6.07, 6.45) is -5.09. The fraction of sp³-hybridized carbons (Fsp3) is 0.692. The van der Waals surface area contributed by atoms with E-state index in [1.807, 2.05) is 13.8 Å². The molecular weight excluding hydrogens is 271 g/mol. The zero-order chi connectivity index (χ0) is 15.5. The number of aromatic amines is 1. The number of hydrogen-bond acceptors (Lipinski definition) is 2. The third-order valence-electron chi connectivity index (χ3n) is 3.06. The molecule has 0 spiro atoms. The molecule has 0 bridgehead atoms. The lowest BCUT2D eigenvalue weighted by molar-refractivity contribution is -0.139. The Balaban J connectivity index is 2.87. The van der Waals surface area contributed by atoms with Crippen LogP contribution >= 0.6 is 0 Å². The smallest absolute Gasteiger partial charge is 0.349 e. The van der Waals surface area contributed by atoms with Crippen molar-refractivity contribution in [2.24, 2.45) is 0 Å². The second-order valence-corrected chi connectivity index (χ2v) is 5.16. The highest BCUT2D eigenvalue weighted by molar-refractivity contribution is 5.96. The van der Waals surface area contributed by atoms with Crippen molar-refractivity contribution < 1.29 is 18.0 Å². The van der Waals surface area contributed by atoms with E-state index in [-0.39, 0.29) is 12.3 Å². The van der Waals surface area contributed by atoms with Gasteiger partial charge in [-0.15, -0.1) is 0 Å². The lowest BCUT2D eigenvalue weighted by Crippen LogP contribution is -2.38. The first-order chi connectivity index (χ1) is 9.15. The molecule has 0 saturated carbocycles. The van der Waals surface area contributed by atoms with Gasteiger partial charge >= 0.3 is 6.18 Å². The molecule has 2 N–H and O–H groups in total. The van der Waals surface area contributed by atoms with Crippen molar-refractivity contribution in [1.29, 1.82) is 0 Å². The van der Waals surface area contributed by atoms with E-state index in [0.717, 1.165) is 0 Å². The van der Waals surface area contributed by atoms with Crippen LogP contribution < -0.4 is 5.32 Å². The van der Waals surface area contributed by atoms with E-state index < -0.39 is 24.5 Å². The summed E-state index contributed by atoms with van der Waals surface area (Å²) in [6.45, 7) is 7.04. The molecule has 114 valence electrons. The summed E-state index contributed by atoms with van der Waals surface area (Å²) in [5, 5.41) is 9.18. The van der Waals surface area contributed by atoms with Gasteiger partial charge < -0.3 is 5.32 Å². The van der Waals surface area contributed by atoms with Crippen LogP contribution in [0, 0.1) is 6.92 Å². The molecule has 1 rings (SSSR count). The van der Waals surface area contributed by atoms with Crippen LogP contribution in [0.15, 0.2) is 0 Å². The maximum absolute atomic E-state index is 12.4. The second-order valence-electron chi connectivity index (χ2n) is 5.16. The van der Waals surface area contributed by atoms with E-state index in [4.69, 9.17) is 0 Å². The Morgan fingerprint density at radius 2 is 2.00 bits per heavy atom. The normalized spacial score (nSPS) is 13.6. The van der Waals surface area contributed by atoms with Gasteiger partial charge in [0.15, 0.2) is 0 Å². The Kier molecular flexibility index (Phi) is 5.19. The molecule has 7 heteroatoms. The lowest BCUT2D eigenvalue weighted by atomic mass is 10.0. The Labute approximate surface area is 116 Å². The van der Waals surface area contributed by atoms with E-state index in [9.17, 15) is 18.0 Å². The van der Waals surface area contributed by atoms with Gasteiger partial charge in [0, 0.05) is 11.7 Å². The summed E-state index contributed by atoms with van der Waals surface area (Å²) in [7, 11) is 0. The summed E-state index contributed by atoms with van der Waals surface area (Å²) in [6, 6.07) is -0.920. The quantitative estimate of drug-likeness (QED) is 0.874. The van der Waals surface area contributed by atoms with Gasteiger partial charge in [0.2, 0.25) is 0 Å². The topological polar surface area (TPSA) is 57.8 Å². The monoisotopic (exact) mass is 291 g/mol. The number of amides is 1. The molecule has 1 amide bonds. The Morgan fingerprint density at radius 3 is 2.45 bits per heavy atom. The van der Waals surface area contributed by atoms with Crippen LogP contribution in [0.5, 0.6) is 0 Å². The first kappa shape index (κ1) is 16.5. The van der Waals surface area contributed by atoms with Crippen molar-refractivity contribution in [2.45, 2.75) is 58.7 Å². The zero-order valence-electron chi connectivity index (χ0n) is 12.1. The van der Waals surface area contributed by atoms with Gasteiger partial charge in [-0.3, -0.25) is 9.89 Å². The van der Waals surface area contributed by atoms with Gasteiger partial charge in [-0.2, -0.15) is 18.3 Å². The number of halogens is 3. The first-order valence-electron chi connectivity index (χ1n) is 6.58. The van der Waals surface area contributed by atoms with Gasteiger partial charge in [-0.25, -0.2) is 0 Å². The molecule has 0 saturated heterocycles. The lowest BCUT2D eigenvalue weighted by Gasteiger charge is -2.19. The predicted molar refractivity (Wildman–Crippen MR) is 69.6 cm³/mol. The molecule has 4 nitrogen and oxygen atoms in total. The maximum Gasteiger partial charge on any atom is 0.391 e. The molecule has 0 fully saturated rings. The van der Waals surface area contributed by atoms with Crippen LogP contribution in [-0.2, 0) is 0 Å². The molecule has 1 atom stereocenters. The van der Waals surface area contributed by atoms with Gasteiger partial charge in [-0.05, 0) is 19.3 Å². The number of H-pyrrole nitrogens is 1. The van der Waals surface area contributed by atoms with Crippen molar-refractivity contribution in [3.8, 4) is 0 Å². The van der Waals surface area contributed by atoms with Crippen LogP contribution in [0.2, 0.25) is 0 Å². The largest absolute Gasteiger partial charge is 0.391 e. The van der Waals surface area contributed by atoms with Gasteiger partial charge in [0.1, 0.15) is 0 Å². The molecule has 0 radical (unpaired) electrons. The summed E-state index contributed by atoms with van der Waals surface area (Å²) in [5.74, 6) is -0.487. The number of hydrogen-bond donors (Lipinski definition) is 2. The molecular formula is C13H20F3N3O. The van der Waals surface area contributed by atoms with Crippen molar-refractivity contribution in [3.05, 3.63) is 17.0 Å². The molecule has 1 unspecified atom stereocenters. The predicted octanol–water partition coefficient (Wildman–Crippen LogP) is 3.30. The van der Waals surface area contributed by atoms with Gasteiger partial charge in [-0.1, -0.05) is 20.8 Å². The summed E-state index contributed by atoms with van der Waals surface area (Å²) >= 11 is 0. The molecule has 1 aromatic rings. The number of rotatable bonds is 5. The number of nitrogens with one attached hydrogen (secondary N) is 2. The standard InChI is InChI=1S/C13H20F3N3O/c1-5-9(6-13(14,15)16)17-12(20)10-8(4)18-19-11(10)7(2)3/h7,9H,5-6H2,1-4H3,(H,17,20)(H,18,19). The summed E-state index contributed by atoms with van der Waals surface area (Å²) in [4.78, 5) is 12.2. The van der Waals surface area contributed by atoms with Crippen LogP contribution in [0.1, 0.15) is 61.3 Å². The minimum atomic E-state index is -4.29. The fourth-order valence-electron chi connectivity index (χ4n) is 1.99. The Bertz CT molecular complexity index is 466. The van der Waals surface area contributed by atoms with Gasteiger partial charge in [0.25, 0.3) is 5.91 Å². The number of aromatic nitrogens is 2. The third kappa shape index (κ3) is 4.25. The molecule has 0 aliphatic rings. The van der Waals surface area contributed by atoms with Crippen LogP contribution in [0.25, 0.3) is 0 Å².